The topological polar surface area (TPSA) is 39.4 Å². The zero-order valence-electron chi connectivity index (χ0n) is 10.4. The Balaban J connectivity index is 1.96. The molecule has 0 spiro atoms. The Morgan fingerprint density at radius 2 is 1.63 bits per heavy atom. The Labute approximate surface area is 112 Å². The molecule has 1 aliphatic heterocycles. The molecule has 0 bridgehead atoms. The van der Waals surface area contributed by atoms with Crippen LogP contribution < -0.4 is 5.01 Å². The van der Waals surface area contributed by atoms with E-state index in [1.54, 1.807) is 0 Å². The Kier molecular flexibility index (Phi) is 2.99. The number of hydrazone groups is 1. The first-order valence-corrected chi connectivity index (χ1v) is 6.25. The van der Waals surface area contributed by atoms with Crippen molar-refractivity contribution in [3.05, 3.63) is 66.2 Å². The molecule has 2 aromatic rings. The zero-order valence-corrected chi connectivity index (χ0v) is 10.4. The van der Waals surface area contributed by atoms with Gasteiger partial charge >= 0.3 is 0 Å². The van der Waals surface area contributed by atoms with E-state index in [0.29, 0.717) is 6.42 Å². The van der Waals surface area contributed by atoms with E-state index in [4.69, 9.17) is 0 Å². The van der Waals surface area contributed by atoms with Crippen LogP contribution in [0, 0.1) is 11.3 Å². The van der Waals surface area contributed by atoms with Crippen LogP contribution in [0.2, 0.25) is 0 Å². The van der Waals surface area contributed by atoms with Crippen LogP contribution in [0.1, 0.15) is 12.0 Å². The summed E-state index contributed by atoms with van der Waals surface area (Å²) in [7, 11) is 0. The minimum atomic E-state index is -0.224. The summed E-state index contributed by atoms with van der Waals surface area (Å²) in [4.78, 5) is 0. The summed E-state index contributed by atoms with van der Waals surface area (Å²) in [6, 6.07) is 21.9. The predicted molar refractivity (Wildman–Crippen MR) is 75.9 cm³/mol. The van der Waals surface area contributed by atoms with Gasteiger partial charge in [0.25, 0.3) is 0 Å². The van der Waals surface area contributed by atoms with Gasteiger partial charge in [-0.05, 0) is 17.7 Å². The van der Waals surface area contributed by atoms with Crippen molar-refractivity contribution in [2.45, 2.75) is 12.5 Å². The van der Waals surface area contributed by atoms with E-state index in [2.05, 4.69) is 11.2 Å². The van der Waals surface area contributed by atoms with Gasteiger partial charge in [-0.2, -0.15) is 10.4 Å². The molecule has 0 radical (unpaired) electrons. The smallest absolute Gasteiger partial charge is 0.144 e. The van der Waals surface area contributed by atoms with Crippen molar-refractivity contribution in [2.24, 2.45) is 5.10 Å². The monoisotopic (exact) mass is 247 g/mol. The molecule has 0 fully saturated rings. The molecule has 0 aliphatic carbocycles. The molecule has 0 aromatic heterocycles. The van der Waals surface area contributed by atoms with Crippen LogP contribution in [0.15, 0.2) is 65.8 Å². The first-order chi connectivity index (χ1) is 9.38. The summed E-state index contributed by atoms with van der Waals surface area (Å²) in [5, 5.41) is 15.7. The lowest BCUT2D eigenvalue weighted by atomic mass is 10.0. The third-order valence-electron chi connectivity index (χ3n) is 3.19. The maximum Gasteiger partial charge on any atom is 0.144 e. The highest BCUT2D eigenvalue weighted by Gasteiger charge is 2.27. The van der Waals surface area contributed by atoms with E-state index in [1.165, 1.54) is 0 Å². The number of hydrogen-bond donors (Lipinski definition) is 0. The van der Waals surface area contributed by atoms with Gasteiger partial charge < -0.3 is 0 Å². The number of para-hydroxylation sites is 1. The van der Waals surface area contributed by atoms with Crippen molar-refractivity contribution in [3.63, 3.8) is 0 Å². The van der Waals surface area contributed by atoms with Crippen LogP contribution in [0.4, 0.5) is 5.69 Å². The van der Waals surface area contributed by atoms with Crippen LogP contribution in [0.3, 0.4) is 0 Å². The fourth-order valence-corrected chi connectivity index (χ4v) is 2.24. The largest absolute Gasteiger partial charge is 0.248 e. The van der Waals surface area contributed by atoms with E-state index in [0.717, 1.165) is 17.0 Å². The highest BCUT2D eigenvalue weighted by Crippen LogP contribution is 2.26. The third kappa shape index (κ3) is 2.21. The van der Waals surface area contributed by atoms with Crippen LogP contribution >= 0.6 is 0 Å². The summed E-state index contributed by atoms with van der Waals surface area (Å²) in [6.45, 7) is 0. The molecule has 1 atom stereocenters. The van der Waals surface area contributed by atoms with Crippen molar-refractivity contribution in [3.8, 4) is 6.07 Å². The minimum absolute atomic E-state index is 0.224. The highest BCUT2D eigenvalue weighted by atomic mass is 15.5. The molecule has 3 heteroatoms. The van der Waals surface area contributed by atoms with Gasteiger partial charge in [0.2, 0.25) is 0 Å². The highest BCUT2D eigenvalue weighted by molar-refractivity contribution is 6.03. The second-order valence-electron chi connectivity index (χ2n) is 4.44. The molecule has 0 unspecified atom stereocenters. The van der Waals surface area contributed by atoms with Crippen LogP contribution in [0.5, 0.6) is 0 Å². The van der Waals surface area contributed by atoms with Crippen LogP contribution in [0.25, 0.3) is 0 Å². The molecular weight excluding hydrogens is 234 g/mol. The molecule has 1 heterocycles. The number of nitriles is 1. The van der Waals surface area contributed by atoms with Crippen LogP contribution in [-0.2, 0) is 0 Å². The third-order valence-corrected chi connectivity index (χ3v) is 3.19. The van der Waals surface area contributed by atoms with Gasteiger partial charge in [0, 0.05) is 6.42 Å². The molecule has 0 saturated heterocycles. The summed E-state index contributed by atoms with van der Waals surface area (Å²) in [6.07, 6.45) is 0.662. The van der Waals surface area contributed by atoms with Crippen molar-refractivity contribution in [1.82, 2.24) is 0 Å². The van der Waals surface area contributed by atoms with Gasteiger partial charge in [-0.3, -0.25) is 0 Å². The summed E-state index contributed by atoms with van der Waals surface area (Å²) < 4.78 is 0. The summed E-state index contributed by atoms with van der Waals surface area (Å²) in [5.74, 6) is 0. The quantitative estimate of drug-likeness (QED) is 0.817. The average molecular weight is 247 g/mol. The van der Waals surface area contributed by atoms with Gasteiger partial charge in [-0.1, -0.05) is 48.5 Å². The number of benzene rings is 2. The molecule has 3 nitrogen and oxygen atoms in total. The molecule has 2 aromatic carbocycles. The fourth-order valence-electron chi connectivity index (χ4n) is 2.24. The van der Waals surface area contributed by atoms with Gasteiger partial charge in [0.15, 0.2) is 0 Å². The molecular formula is C16H13N3. The lowest BCUT2D eigenvalue weighted by Gasteiger charge is -2.17. The van der Waals surface area contributed by atoms with Crippen molar-refractivity contribution in [2.75, 3.05) is 5.01 Å². The maximum atomic E-state index is 9.30. The van der Waals surface area contributed by atoms with Crippen molar-refractivity contribution in [1.29, 1.82) is 5.26 Å². The van der Waals surface area contributed by atoms with Gasteiger partial charge in [0.05, 0.1) is 17.5 Å². The Morgan fingerprint density at radius 3 is 2.26 bits per heavy atom. The number of anilines is 1. The minimum Gasteiger partial charge on any atom is -0.248 e. The summed E-state index contributed by atoms with van der Waals surface area (Å²) in [5.41, 5.74) is 3.01. The molecule has 1 aliphatic rings. The standard InChI is InChI=1S/C16H13N3/c17-12-15-11-16(13-7-3-1-4-8-13)18-19(15)14-9-5-2-6-10-14/h1-10,15H,11H2/t15-/m1/s1. The molecule has 19 heavy (non-hydrogen) atoms. The first-order valence-electron chi connectivity index (χ1n) is 6.25. The lowest BCUT2D eigenvalue weighted by molar-refractivity contribution is 0.800. The van der Waals surface area contributed by atoms with Gasteiger partial charge in [-0.25, -0.2) is 5.01 Å². The van der Waals surface area contributed by atoms with Crippen molar-refractivity contribution >= 4 is 11.4 Å². The SMILES string of the molecule is N#C[C@H]1CC(c2ccccc2)=NN1c1ccccc1. The number of nitrogens with zero attached hydrogens (tertiary/aromatic N) is 3. The van der Waals surface area contributed by atoms with Gasteiger partial charge in [0.1, 0.15) is 6.04 Å². The molecule has 92 valence electrons. The Bertz CT molecular complexity index is 626. The van der Waals surface area contributed by atoms with E-state index in [9.17, 15) is 5.26 Å². The average Bonchev–Trinajstić information content (AvgIpc) is 2.93. The second-order valence-corrected chi connectivity index (χ2v) is 4.44. The van der Waals surface area contributed by atoms with E-state index in [1.807, 2.05) is 65.7 Å². The van der Waals surface area contributed by atoms with E-state index >= 15 is 0 Å². The van der Waals surface area contributed by atoms with Gasteiger partial charge in [-0.15, -0.1) is 0 Å². The number of hydrogen-bond acceptors (Lipinski definition) is 3. The summed E-state index contributed by atoms with van der Waals surface area (Å²) >= 11 is 0. The Morgan fingerprint density at radius 1 is 1.00 bits per heavy atom. The predicted octanol–water partition coefficient (Wildman–Crippen LogP) is 3.19. The normalized spacial score (nSPS) is 17.9. The lowest BCUT2D eigenvalue weighted by Crippen LogP contribution is -2.24. The van der Waals surface area contributed by atoms with Crippen molar-refractivity contribution < 1.29 is 0 Å². The number of rotatable bonds is 2. The zero-order chi connectivity index (χ0) is 13.1. The molecule has 0 N–H and O–H groups in total. The molecule has 0 amide bonds. The van der Waals surface area contributed by atoms with Crippen LogP contribution in [-0.4, -0.2) is 11.8 Å². The van der Waals surface area contributed by atoms with E-state index < -0.39 is 0 Å². The maximum absolute atomic E-state index is 9.30. The van der Waals surface area contributed by atoms with E-state index in [-0.39, 0.29) is 6.04 Å². The first kappa shape index (κ1) is 11.5. The Hall–Kier alpha value is -2.60. The molecule has 3 rings (SSSR count). The second kappa shape index (κ2) is 4.95. The molecule has 0 saturated carbocycles. The fraction of sp³-hybridized carbons (Fsp3) is 0.125.